The summed E-state index contributed by atoms with van der Waals surface area (Å²) in [7, 11) is 0. The summed E-state index contributed by atoms with van der Waals surface area (Å²) in [5.74, 6) is -3.57. The molecule has 1 nitrogen and oxygen atoms in total. The second-order valence-corrected chi connectivity index (χ2v) is 4.29. The molecule has 0 unspecified atom stereocenters. The van der Waals surface area contributed by atoms with Crippen LogP contribution < -0.4 is 0 Å². The van der Waals surface area contributed by atoms with E-state index in [-0.39, 0.29) is 0 Å². The molecule has 0 fully saturated rings. The first-order valence-corrected chi connectivity index (χ1v) is 4.63. The Kier molecular flexibility index (Phi) is 3.31. The van der Waals surface area contributed by atoms with Crippen LogP contribution in [-0.4, -0.2) is 11.7 Å². The number of hydrogen-bond acceptors (Lipinski definition) is 1. The van der Waals surface area contributed by atoms with Crippen molar-refractivity contribution in [2.45, 2.75) is 19.3 Å². The maximum atomic E-state index is 13.5. The van der Waals surface area contributed by atoms with E-state index in [2.05, 4.69) is 0 Å². The normalized spacial score (nSPS) is 11.9. The predicted molar refractivity (Wildman–Crippen MR) is 51.4 cm³/mol. The third kappa shape index (κ3) is 2.11. The Morgan fingerprint density at radius 2 is 1.80 bits per heavy atom. The maximum absolute atomic E-state index is 13.5. The zero-order valence-electron chi connectivity index (χ0n) is 8.24. The molecule has 1 aromatic carbocycles. The highest BCUT2D eigenvalue weighted by atomic mass is 35.5. The number of benzene rings is 1. The lowest BCUT2D eigenvalue weighted by Gasteiger charge is -2.23. The van der Waals surface area contributed by atoms with Crippen molar-refractivity contribution in [1.82, 2.24) is 0 Å². The van der Waals surface area contributed by atoms with Crippen LogP contribution in [0.2, 0.25) is 5.02 Å². The minimum absolute atomic E-state index is 0.495. The molecule has 0 aromatic heterocycles. The first-order chi connectivity index (χ1) is 6.81. The van der Waals surface area contributed by atoms with Crippen LogP contribution in [0.1, 0.15) is 19.4 Å². The highest BCUT2D eigenvalue weighted by Crippen LogP contribution is 2.32. The Balaban J connectivity index is 3.53. The molecule has 0 atom stereocenters. The number of hydrogen-bond donors (Lipinski definition) is 1. The van der Waals surface area contributed by atoms with Crippen LogP contribution in [0, 0.1) is 17.5 Å². The van der Waals surface area contributed by atoms with Gasteiger partial charge in [0, 0.05) is 11.0 Å². The fraction of sp³-hybridized carbons (Fsp3) is 0.400. The van der Waals surface area contributed by atoms with Gasteiger partial charge in [-0.15, -0.1) is 0 Å². The summed E-state index contributed by atoms with van der Waals surface area (Å²) in [6, 6.07) is 0.573. The lowest BCUT2D eigenvalue weighted by molar-refractivity contribution is 0.209. The first kappa shape index (κ1) is 12.3. The molecule has 0 amide bonds. The first-order valence-electron chi connectivity index (χ1n) is 4.25. The van der Waals surface area contributed by atoms with Crippen molar-refractivity contribution < 1.29 is 18.3 Å². The average Bonchev–Trinajstić information content (AvgIpc) is 2.15. The van der Waals surface area contributed by atoms with Gasteiger partial charge in [0.05, 0.1) is 11.6 Å². The van der Waals surface area contributed by atoms with Gasteiger partial charge >= 0.3 is 0 Å². The van der Waals surface area contributed by atoms with Crippen LogP contribution >= 0.6 is 11.6 Å². The van der Waals surface area contributed by atoms with Gasteiger partial charge in [-0.25, -0.2) is 13.2 Å². The molecule has 0 saturated heterocycles. The van der Waals surface area contributed by atoms with Crippen LogP contribution in [0.15, 0.2) is 6.07 Å². The summed E-state index contributed by atoms with van der Waals surface area (Å²) in [5, 5.41) is 8.48. The predicted octanol–water partition coefficient (Wildman–Crippen LogP) is 3.03. The topological polar surface area (TPSA) is 20.2 Å². The zero-order valence-corrected chi connectivity index (χ0v) is 9.00. The van der Waals surface area contributed by atoms with Gasteiger partial charge in [-0.2, -0.15) is 0 Å². The Hall–Kier alpha value is -0.740. The quantitative estimate of drug-likeness (QED) is 0.786. The highest BCUT2D eigenvalue weighted by molar-refractivity contribution is 6.30. The van der Waals surface area contributed by atoms with E-state index in [1.54, 1.807) is 0 Å². The summed E-state index contributed by atoms with van der Waals surface area (Å²) in [6.07, 6.45) is 0. The van der Waals surface area contributed by atoms with E-state index in [4.69, 9.17) is 16.7 Å². The Morgan fingerprint density at radius 3 is 2.27 bits per heavy atom. The van der Waals surface area contributed by atoms with Crippen molar-refractivity contribution in [2.75, 3.05) is 6.61 Å². The summed E-state index contributed by atoms with van der Waals surface area (Å²) < 4.78 is 39.8. The zero-order chi connectivity index (χ0) is 11.8. The van der Waals surface area contributed by atoms with Crippen LogP contribution in [0.25, 0.3) is 0 Å². The van der Waals surface area contributed by atoms with Crippen LogP contribution in [-0.2, 0) is 5.41 Å². The summed E-state index contributed by atoms with van der Waals surface area (Å²) in [6.45, 7) is 2.27. The number of aliphatic hydroxyl groups excluding tert-OH is 1. The van der Waals surface area contributed by atoms with Crippen molar-refractivity contribution in [3.63, 3.8) is 0 Å². The lowest BCUT2D eigenvalue weighted by atomic mass is 9.84. The summed E-state index contributed by atoms with van der Waals surface area (Å²) in [4.78, 5) is 0. The van der Waals surface area contributed by atoms with Crippen molar-refractivity contribution in [3.05, 3.63) is 34.1 Å². The SMILES string of the molecule is CC(C)(CO)c1c(F)c(F)cc(Cl)c1F. The molecule has 0 bridgehead atoms. The molecule has 1 rings (SSSR count). The number of rotatable bonds is 2. The molecular formula is C10H10ClF3O. The van der Waals surface area contributed by atoms with Gasteiger partial charge < -0.3 is 5.11 Å². The van der Waals surface area contributed by atoms with E-state index in [9.17, 15) is 13.2 Å². The molecule has 0 spiro atoms. The van der Waals surface area contributed by atoms with Crippen molar-refractivity contribution in [3.8, 4) is 0 Å². The van der Waals surface area contributed by atoms with Crippen LogP contribution in [0.5, 0.6) is 0 Å². The van der Waals surface area contributed by atoms with Crippen molar-refractivity contribution >= 4 is 11.6 Å². The fourth-order valence-electron chi connectivity index (χ4n) is 1.25. The smallest absolute Gasteiger partial charge is 0.165 e. The average molecular weight is 239 g/mol. The molecule has 0 aliphatic rings. The van der Waals surface area contributed by atoms with Gasteiger partial charge in [-0.05, 0) is 6.07 Å². The highest BCUT2D eigenvalue weighted by Gasteiger charge is 2.30. The van der Waals surface area contributed by atoms with Gasteiger partial charge in [0.2, 0.25) is 0 Å². The maximum Gasteiger partial charge on any atom is 0.165 e. The summed E-state index contributed by atoms with van der Waals surface area (Å²) >= 11 is 5.39. The minimum Gasteiger partial charge on any atom is -0.395 e. The van der Waals surface area contributed by atoms with Crippen LogP contribution in [0.3, 0.4) is 0 Å². The van der Waals surface area contributed by atoms with Gasteiger partial charge in [0.15, 0.2) is 11.6 Å². The molecule has 0 saturated carbocycles. The van der Waals surface area contributed by atoms with E-state index in [0.29, 0.717) is 6.07 Å². The van der Waals surface area contributed by atoms with E-state index < -0.39 is 40.1 Å². The lowest BCUT2D eigenvalue weighted by Crippen LogP contribution is -2.26. The van der Waals surface area contributed by atoms with Crippen molar-refractivity contribution in [1.29, 1.82) is 0 Å². The summed E-state index contributed by atoms with van der Waals surface area (Å²) in [5.41, 5.74) is -1.75. The van der Waals surface area contributed by atoms with Crippen molar-refractivity contribution in [2.24, 2.45) is 0 Å². The monoisotopic (exact) mass is 238 g/mol. The van der Waals surface area contributed by atoms with E-state index in [1.807, 2.05) is 0 Å². The second kappa shape index (κ2) is 4.02. The van der Waals surface area contributed by atoms with Crippen LogP contribution in [0.4, 0.5) is 13.2 Å². The molecule has 1 N–H and O–H groups in total. The van der Waals surface area contributed by atoms with Gasteiger partial charge in [-0.3, -0.25) is 0 Å². The molecule has 1 aromatic rings. The molecule has 5 heteroatoms. The van der Waals surface area contributed by atoms with Gasteiger partial charge in [0.1, 0.15) is 5.82 Å². The largest absolute Gasteiger partial charge is 0.395 e. The minimum atomic E-state index is -1.31. The molecule has 0 radical (unpaired) electrons. The molecular weight excluding hydrogens is 229 g/mol. The van der Waals surface area contributed by atoms with E-state index in [0.717, 1.165) is 0 Å². The molecule has 15 heavy (non-hydrogen) atoms. The van der Waals surface area contributed by atoms with E-state index in [1.165, 1.54) is 13.8 Å². The molecule has 0 heterocycles. The third-order valence-corrected chi connectivity index (χ3v) is 2.46. The number of halogens is 4. The standard InChI is InChI=1S/C10H10ClF3O/c1-10(2,4-15)7-8(13)5(11)3-6(12)9(7)14/h3,15H,4H2,1-2H3. The number of aliphatic hydroxyl groups is 1. The molecule has 0 aliphatic heterocycles. The Morgan fingerprint density at radius 1 is 1.27 bits per heavy atom. The fourth-order valence-corrected chi connectivity index (χ4v) is 1.44. The second-order valence-electron chi connectivity index (χ2n) is 3.89. The molecule has 0 aliphatic carbocycles. The van der Waals surface area contributed by atoms with E-state index >= 15 is 0 Å². The third-order valence-electron chi connectivity index (χ3n) is 2.18. The van der Waals surface area contributed by atoms with Gasteiger partial charge in [-0.1, -0.05) is 25.4 Å². The van der Waals surface area contributed by atoms with Gasteiger partial charge in [0.25, 0.3) is 0 Å². The molecule has 84 valence electrons. The Bertz CT molecular complexity index is 364. The Labute approximate surface area is 90.5 Å².